The van der Waals surface area contributed by atoms with Crippen molar-refractivity contribution in [1.29, 1.82) is 0 Å². The number of aryl methyl sites for hydroxylation is 1. The lowest BCUT2D eigenvalue weighted by molar-refractivity contribution is 0.305. The quantitative estimate of drug-likeness (QED) is 0.911. The second-order valence-corrected chi connectivity index (χ2v) is 4.58. The number of halogens is 1. The first kappa shape index (κ1) is 12.9. The molecule has 2 aromatic rings. The maximum Gasteiger partial charge on any atom is 0.120 e. The molecule has 0 saturated carbocycles. The molecule has 0 amide bonds. The molecule has 0 aliphatic rings. The zero-order valence-corrected chi connectivity index (χ0v) is 11.1. The molecule has 0 heterocycles. The average molecular weight is 262 g/mol. The van der Waals surface area contributed by atoms with Gasteiger partial charge in [0, 0.05) is 11.6 Å². The molecule has 3 heteroatoms. The van der Waals surface area contributed by atoms with Crippen molar-refractivity contribution in [3.8, 4) is 5.75 Å². The Hall–Kier alpha value is -1.51. The summed E-state index contributed by atoms with van der Waals surface area (Å²) in [5.74, 6) is 0.823. The summed E-state index contributed by atoms with van der Waals surface area (Å²) >= 11 is 5.97. The third-order valence-electron chi connectivity index (χ3n) is 2.86. The van der Waals surface area contributed by atoms with Crippen LogP contribution in [0.15, 0.2) is 42.5 Å². The van der Waals surface area contributed by atoms with Crippen LogP contribution in [-0.2, 0) is 13.2 Å². The lowest BCUT2D eigenvalue weighted by atomic mass is 10.1. The summed E-state index contributed by atoms with van der Waals surface area (Å²) in [6.07, 6.45) is 0. The van der Waals surface area contributed by atoms with Gasteiger partial charge in [-0.1, -0.05) is 35.9 Å². The van der Waals surface area contributed by atoms with Crippen LogP contribution >= 0.6 is 11.6 Å². The fraction of sp³-hybridized carbons (Fsp3) is 0.200. The number of hydrogen-bond acceptors (Lipinski definition) is 2. The lowest BCUT2D eigenvalue weighted by Crippen LogP contribution is -2.04. The second kappa shape index (κ2) is 5.89. The number of rotatable bonds is 4. The number of nitrogens with two attached hydrogens (primary N) is 1. The summed E-state index contributed by atoms with van der Waals surface area (Å²) in [5, 5.41) is 0.754. The molecular weight excluding hydrogens is 246 g/mol. The summed E-state index contributed by atoms with van der Waals surface area (Å²) < 4.78 is 5.76. The monoisotopic (exact) mass is 261 g/mol. The molecule has 0 fully saturated rings. The van der Waals surface area contributed by atoms with Crippen molar-refractivity contribution in [2.24, 2.45) is 5.73 Å². The molecular formula is C15H16ClNO. The Morgan fingerprint density at radius 2 is 1.83 bits per heavy atom. The van der Waals surface area contributed by atoms with Crippen LogP contribution in [0.5, 0.6) is 5.75 Å². The average Bonchev–Trinajstić information content (AvgIpc) is 2.40. The Kier molecular flexibility index (Phi) is 4.24. The zero-order valence-electron chi connectivity index (χ0n) is 10.3. The summed E-state index contributed by atoms with van der Waals surface area (Å²) in [4.78, 5) is 0. The first-order valence-electron chi connectivity index (χ1n) is 5.86. The van der Waals surface area contributed by atoms with Crippen molar-refractivity contribution < 1.29 is 4.74 Å². The molecule has 0 saturated heterocycles. The topological polar surface area (TPSA) is 35.2 Å². The van der Waals surface area contributed by atoms with Gasteiger partial charge < -0.3 is 10.5 Å². The van der Waals surface area contributed by atoms with E-state index in [1.165, 1.54) is 0 Å². The summed E-state index contributed by atoms with van der Waals surface area (Å²) in [6.45, 7) is 3.01. The summed E-state index contributed by atoms with van der Waals surface area (Å²) in [6, 6.07) is 13.7. The van der Waals surface area contributed by atoms with Gasteiger partial charge in [-0.15, -0.1) is 0 Å². The number of benzene rings is 2. The van der Waals surface area contributed by atoms with E-state index in [1.54, 1.807) is 0 Å². The van der Waals surface area contributed by atoms with E-state index in [0.717, 1.165) is 27.5 Å². The van der Waals surface area contributed by atoms with Crippen LogP contribution in [0.2, 0.25) is 5.02 Å². The van der Waals surface area contributed by atoms with Gasteiger partial charge in [0.1, 0.15) is 12.4 Å². The van der Waals surface area contributed by atoms with Gasteiger partial charge in [-0.3, -0.25) is 0 Å². The van der Waals surface area contributed by atoms with Gasteiger partial charge in [-0.05, 0) is 41.8 Å². The maximum absolute atomic E-state index is 5.97. The first-order chi connectivity index (χ1) is 8.70. The molecule has 0 bridgehead atoms. The van der Waals surface area contributed by atoms with Gasteiger partial charge in [-0.25, -0.2) is 0 Å². The van der Waals surface area contributed by atoms with Crippen LogP contribution in [0.3, 0.4) is 0 Å². The third-order valence-corrected chi connectivity index (χ3v) is 3.29. The molecule has 94 valence electrons. The van der Waals surface area contributed by atoms with Gasteiger partial charge in [0.05, 0.1) is 0 Å². The van der Waals surface area contributed by atoms with Crippen molar-refractivity contribution in [2.45, 2.75) is 20.1 Å². The first-order valence-corrected chi connectivity index (χ1v) is 6.24. The largest absolute Gasteiger partial charge is 0.489 e. The summed E-state index contributed by atoms with van der Waals surface area (Å²) in [7, 11) is 0. The molecule has 2 rings (SSSR count). The van der Waals surface area contributed by atoms with E-state index >= 15 is 0 Å². The van der Waals surface area contributed by atoms with E-state index in [4.69, 9.17) is 22.1 Å². The highest BCUT2D eigenvalue weighted by Gasteiger charge is 2.02. The molecule has 0 spiro atoms. The van der Waals surface area contributed by atoms with Crippen LogP contribution in [0.25, 0.3) is 0 Å². The van der Waals surface area contributed by atoms with Gasteiger partial charge >= 0.3 is 0 Å². The molecule has 2 aromatic carbocycles. The van der Waals surface area contributed by atoms with E-state index in [-0.39, 0.29) is 0 Å². The zero-order chi connectivity index (χ0) is 13.0. The maximum atomic E-state index is 5.97. The molecule has 2 nitrogen and oxygen atoms in total. The van der Waals surface area contributed by atoms with Gasteiger partial charge in [0.25, 0.3) is 0 Å². The molecule has 18 heavy (non-hydrogen) atoms. The Morgan fingerprint density at radius 3 is 2.50 bits per heavy atom. The molecule has 2 N–H and O–H groups in total. The molecule has 0 atom stereocenters. The normalized spacial score (nSPS) is 10.4. The molecule has 0 aliphatic carbocycles. The van der Waals surface area contributed by atoms with E-state index in [0.29, 0.717) is 13.2 Å². The molecule has 0 aliphatic heterocycles. The Balaban J connectivity index is 2.09. The predicted molar refractivity (Wildman–Crippen MR) is 74.9 cm³/mol. The van der Waals surface area contributed by atoms with Crippen molar-refractivity contribution >= 4 is 11.6 Å². The van der Waals surface area contributed by atoms with Crippen LogP contribution < -0.4 is 10.5 Å². The van der Waals surface area contributed by atoms with Gasteiger partial charge in [0.2, 0.25) is 0 Å². The molecule has 0 aromatic heterocycles. The van der Waals surface area contributed by atoms with E-state index in [1.807, 2.05) is 49.4 Å². The minimum Gasteiger partial charge on any atom is -0.489 e. The highest BCUT2D eigenvalue weighted by atomic mass is 35.5. The third kappa shape index (κ3) is 3.03. The van der Waals surface area contributed by atoms with E-state index in [2.05, 4.69) is 0 Å². The highest BCUT2D eigenvalue weighted by Crippen LogP contribution is 2.22. The number of hydrogen-bond donors (Lipinski definition) is 1. The van der Waals surface area contributed by atoms with Crippen molar-refractivity contribution in [3.63, 3.8) is 0 Å². The van der Waals surface area contributed by atoms with Crippen LogP contribution in [0.1, 0.15) is 16.7 Å². The number of ether oxygens (including phenoxy) is 1. The Labute approximate surface area is 112 Å². The smallest absolute Gasteiger partial charge is 0.120 e. The van der Waals surface area contributed by atoms with Crippen LogP contribution in [0.4, 0.5) is 0 Å². The fourth-order valence-electron chi connectivity index (χ4n) is 1.77. The van der Waals surface area contributed by atoms with Crippen LogP contribution in [-0.4, -0.2) is 0 Å². The molecule has 0 radical (unpaired) electrons. The Bertz CT molecular complexity index is 540. The lowest BCUT2D eigenvalue weighted by Gasteiger charge is -2.10. The highest BCUT2D eigenvalue weighted by molar-refractivity contribution is 6.31. The minimum atomic E-state index is 0.522. The molecule has 0 unspecified atom stereocenters. The van der Waals surface area contributed by atoms with Crippen LogP contribution in [0, 0.1) is 6.92 Å². The van der Waals surface area contributed by atoms with E-state index in [9.17, 15) is 0 Å². The van der Waals surface area contributed by atoms with Crippen molar-refractivity contribution in [2.75, 3.05) is 0 Å². The van der Waals surface area contributed by atoms with Crippen molar-refractivity contribution in [3.05, 3.63) is 64.2 Å². The summed E-state index contributed by atoms with van der Waals surface area (Å²) in [5.41, 5.74) is 8.94. The fourth-order valence-corrected chi connectivity index (χ4v) is 1.88. The van der Waals surface area contributed by atoms with Gasteiger partial charge in [0.15, 0.2) is 0 Å². The van der Waals surface area contributed by atoms with Crippen molar-refractivity contribution in [1.82, 2.24) is 0 Å². The Morgan fingerprint density at radius 1 is 1.11 bits per heavy atom. The second-order valence-electron chi connectivity index (χ2n) is 4.17. The van der Waals surface area contributed by atoms with E-state index < -0.39 is 0 Å². The van der Waals surface area contributed by atoms with Gasteiger partial charge in [-0.2, -0.15) is 0 Å². The predicted octanol–water partition coefficient (Wildman–Crippen LogP) is 3.69. The SMILES string of the molecule is Cc1cc(OCc2ccccc2CN)ccc1Cl. The standard InChI is InChI=1S/C15H16ClNO/c1-11-8-14(6-7-15(11)16)18-10-13-5-3-2-4-12(13)9-17/h2-8H,9-10,17H2,1H3. The minimum absolute atomic E-state index is 0.522.